The molecule has 0 amide bonds. The lowest BCUT2D eigenvalue weighted by atomic mass is 9.70. The van der Waals surface area contributed by atoms with Crippen molar-refractivity contribution in [3.63, 3.8) is 0 Å². The summed E-state index contributed by atoms with van der Waals surface area (Å²) in [4.78, 5) is 0. The van der Waals surface area contributed by atoms with Crippen molar-refractivity contribution in [1.82, 2.24) is 0 Å². The van der Waals surface area contributed by atoms with Gasteiger partial charge in [0.05, 0.1) is 23.5 Å². The zero-order chi connectivity index (χ0) is 16.1. The van der Waals surface area contributed by atoms with E-state index in [1.54, 1.807) is 0 Å². The molecule has 0 bridgehead atoms. The maximum Gasteiger partial charge on any atom is 0.0906 e. The molecule has 0 radical (unpaired) electrons. The Morgan fingerprint density at radius 2 is 1.00 bits per heavy atom. The van der Waals surface area contributed by atoms with Gasteiger partial charge in [-0.1, -0.05) is 27.7 Å². The van der Waals surface area contributed by atoms with Crippen molar-refractivity contribution in [3.05, 3.63) is 0 Å². The van der Waals surface area contributed by atoms with Gasteiger partial charge in [-0.15, -0.1) is 0 Å². The van der Waals surface area contributed by atoms with E-state index < -0.39 is 11.3 Å². The summed E-state index contributed by atoms with van der Waals surface area (Å²) in [6, 6.07) is 0. The highest BCUT2D eigenvalue weighted by Gasteiger charge is 2.48. The maximum absolute atomic E-state index is 6.33. The van der Waals surface area contributed by atoms with Crippen molar-refractivity contribution >= 4 is 0 Å². The third-order valence-electron chi connectivity index (χ3n) is 5.47. The van der Waals surface area contributed by atoms with E-state index in [4.69, 9.17) is 27.7 Å². The SMILES string of the molecule is CC1(C)CCC(N)(N)C(OC2CC(C)(C)CCC2(N)N)C1. The highest BCUT2D eigenvalue weighted by Crippen LogP contribution is 2.43. The van der Waals surface area contributed by atoms with Crippen molar-refractivity contribution in [2.24, 2.45) is 33.8 Å². The van der Waals surface area contributed by atoms with Crippen molar-refractivity contribution in [2.45, 2.75) is 89.8 Å². The normalized spacial score (nSPS) is 37.1. The van der Waals surface area contributed by atoms with E-state index in [0.717, 1.165) is 38.5 Å². The Labute approximate surface area is 129 Å². The molecule has 0 heterocycles. The minimum Gasteiger partial charge on any atom is -0.368 e. The Bertz CT molecular complexity index is 354. The molecule has 0 aromatic carbocycles. The molecule has 0 saturated heterocycles. The first-order chi connectivity index (χ1) is 9.33. The van der Waals surface area contributed by atoms with Gasteiger partial charge in [-0.05, 0) is 49.4 Å². The molecule has 2 unspecified atom stereocenters. The van der Waals surface area contributed by atoms with Crippen LogP contribution in [0.3, 0.4) is 0 Å². The average molecular weight is 298 g/mol. The molecule has 0 aliphatic heterocycles. The number of ether oxygens (including phenoxy) is 1. The highest BCUT2D eigenvalue weighted by molar-refractivity contribution is 5.01. The molecule has 2 atom stereocenters. The second-order valence-corrected chi connectivity index (χ2v) is 9.07. The van der Waals surface area contributed by atoms with Gasteiger partial charge in [-0.2, -0.15) is 0 Å². The lowest BCUT2D eigenvalue weighted by Gasteiger charge is -2.51. The van der Waals surface area contributed by atoms with E-state index >= 15 is 0 Å². The molecular weight excluding hydrogens is 264 g/mol. The lowest BCUT2D eigenvalue weighted by molar-refractivity contribution is -0.140. The molecule has 0 aromatic heterocycles. The summed E-state index contributed by atoms with van der Waals surface area (Å²) in [5, 5.41) is 0. The first-order valence-electron chi connectivity index (χ1n) is 8.14. The highest BCUT2D eigenvalue weighted by atomic mass is 16.5. The molecule has 2 saturated carbocycles. The summed E-state index contributed by atoms with van der Waals surface area (Å²) >= 11 is 0. The summed E-state index contributed by atoms with van der Waals surface area (Å²) in [6.45, 7) is 8.95. The average Bonchev–Trinajstić information content (AvgIpc) is 2.30. The summed E-state index contributed by atoms with van der Waals surface area (Å²) in [7, 11) is 0. The quantitative estimate of drug-likeness (QED) is 0.575. The fourth-order valence-corrected chi connectivity index (χ4v) is 3.57. The fraction of sp³-hybridized carbons (Fsp3) is 1.00. The van der Waals surface area contributed by atoms with Crippen LogP contribution in [0, 0.1) is 10.8 Å². The van der Waals surface area contributed by atoms with Crippen LogP contribution in [0.4, 0.5) is 0 Å². The van der Waals surface area contributed by atoms with Crippen LogP contribution in [0.15, 0.2) is 0 Å². The molecule has 2 aliphatic rings. The molecule has 124 valence electrons. The Morgan fingerprint density at radius 1 is 0.667 bits per heavy atom. The number of hydrogen-bond donors (Lipinski definition) is 4. The minimum atomic E-state index is -0.785. The third kappa shape index (κ3) is 3.96. The summed E-state index contributed by atoms with van der Waals surface area (Å²) in [6.07, 6.45) is 4.91. The van der Waals surface area contributed by atoms with E-state index in [-0.39, 0.29) is 23.0 Å². The monoisotopic (exact) mass is 298 g/mol. The van der Waals surface area contributed by atoms with E-state index in [1.807, 2.05) is 0 Å². The van der Waals surface area contributed by atoms with Gasteiger partial charge >= 0.3 is 0 Å². The molecule has 2 fully saturated rings. The topological polar surface area (TPSA) is 113 Å². The van der Waals surface area contributed by atoms with Gasteiger partial charge in [0, 0.05) is 0 Å². The van der Waals surface area contributed by atoms with Crippen LogP contribution in [-0.2, 0) is 4.74 Å². The lowest BCUT2D eigenvalue weighted by Crippen LogP contribution is -2.68. The third-order valence-corrected chi connectivity index (χ3v) is 5.47. The van der Waals surface area contributed by atoms with Crippen LogP contribution in [0.1, 0.15) is 66.2 Å². The van der Waals surface area contributed by atoms with E-state index in [1.165, 1.54) is 0 Å². The predicted molar refractivity (Wildman–Crippen MR) is 86.1 cm³/mol. The van der Waals surface area contributed by atoms with Crippen LogP contribution in [0.5, 0.6) is 0 Å². The van der Waals surface area contributed by atoms with Crippen molar-refractivity contribution in [1.29, 1.82) is 0 Å². The molecule has 5 nitrogen and oxygen atoms in total. The van der Waals surface area contributed by atoms with Crippen LogP contribution in [-0.4, -0.2) is 23.5 Å². The zero-order valence-electron chi connectivity index (χ0n) is 14.1. The van der Waals surface area contributed by atoms with Crippen LogP contribution >= 0.6 is 0 Å². The van der Waals surface area contributed by atoms with Crippen molar-refractivity contribution < 1.29 is 4.74 Å². The molecule has 0 aromatic rings. The fourth-order valence-electron chi connectivity index (χ4n) is 3.57. The second-order valence-electron chi connectivity index (χ2n) is 9.07. The van der Waals surface area contributed by atoms with E-state index in [9.17, 15) is 0 Å². The predicted octanol–water partition coefficient (Wildman–Crippen LogP) is 1.39. The molecule has 0 spiro atoms. The van der Waals surface area contributed by atoms with Crippen LogP contribution in [0.2, 0.25) is 0 Å². The Balaban J connectivity index is 2.13. The summed E-state index contributed by atoms with van der Waals surface area (Å²) in [5.41, 5.74) is 24.0. The van der Waals surface area contributed by atoms with E-state index in [0.29, 0.717) is 0 Å². The van der Waals surface area contributed by atoms with Gasteiger partial charge in [0.15, 0.2) is 0 Å². The zero-order valence-corrected chi connectivity index (χ0v) is 14.1. The molecule has 8 N–H and O–H groups in total. The molecule has 2 aliphatic carbocycles. The maximum atomic E-state index is 6.33. The van der Waals surface area contributed by atoms with E-state index in [2.05, 4.69) is 27.7 Å². The smallest absolute Gasteiger partial charge is 0.0906 e. The summed E-state index contributed by atoms with van der Waals surface area (Å²) in [5.74, 6) is 0. The molecule has 2 rings (SSSR count). The van der Waals surface area contributed by atoms with Crippen LogP contribution in [0.25, 0.3) is 0 Å². The van der Waals surface area contributed by atoms with Gasteiger partial charge in [0.25, 0.3) is 0 Å². The first-order valence-corrected chi connectivity index (χ1v) is 8.14. The number of hydrogen-bond acceptors (Lipinski definition) is 5. The Morgan fingerprint density at radius 3 is 1.33 bits per heavy atom. The largest absolute Gasteiger partial charge is 0.368 e. The van der Waals surface area contributed by atoms with Crippen molar-refractivity contribution in [3.8, 4) is 0 Å². The minimum absolute atomic E-state index is 0.188. The van der Waals surface area contributed by atoms with Gasteiger partial charge in [0.1, 0.15) is 0 Å². The second kappa shape index (κ2) is 5.17. The van der Waals surface area contributed by atoms with Gasteiger partial charge in [0.2, 0.25) is 0 Å². The standard InChI is InChI=1S/C16H34N4O/c1-13(2)5-7-15(17,18)11(9-13)21-12-10-14(3,4)6-8-16(12,19)20/h11-12H,5-10,17-20H2,1-4H3. The number of nitrogens with two attached hydrogens (primary N) is 4. The number of rotatable bonds is 2. The molecular formula is C16H34N4O. The Hall–Kier alpha value is -0.200. The first kappa shape index (κ1) is 17.2. The molecule has 21 heavy (non-hydrogen) atoms. The van der Waals surface area contributed by atoms with Gasteiger partial charge in [-0.3, -0.25) is 0 Å². The van der Waals surface area contributed by atoms with Crippen molar-refractivity contribution in [2.75, 3.05) is 0 Å². The van der Waals surface area contributed by atoms with Gasteiger partial charge < -0.3 is 27.7 Å². The molecule has 5 heteroatoms. The van der Waals surface area contributed by atoms with Crippen LogP contribution < -0.4 is 22.9 Å². The summed E-state index contributed by atoms with van der Waals surface area (Å²) < 4.78 is 6.33. The van der Waals surface area contributed by atoms with Gasteiger partial charge in [-0.25, -0.2) is 0 Å². The Kier molecular flexibility index (Phi) is 4.22.